The average molecular weight is 437 g/mol. The lowest BCUT2D eigenvalue weighted by Gasteiger charge is -2.17. The predicted octanol–water partition coefficient (Wildman–Crippen LogP) is 6.36. The Balaban J connectivity index is 1.63. The van der Waals surface area contributed by atoms with E-state index in [1.54, 1.807) is 30.3 Å². The number of para-hydroxylation sites is 1. The van der Waals surface area contributed by atoms with Gasteiger partial charge in [-0.2, -0.15) is 0 Å². The van der Waals surface area contributed by atoms with E-state index in [2.05, 4.69) is 0 Å². The van der Waals surface area contributed by atoms with E-state index in [9.17, 15) is 14.9 Å². The molecule has 0 bridgehead atoms. The Bertz CT molecular complexity index is 1540. The highest BCUT2D eigenvalue weighted by molar-refractivity contribution is 6.02. The number of hydrogen-bond acceptors (Lipinski definition) is 5. The second-order valence-corrected chi connectivity index (χ2v) is 7.78. The van der Waals surface area contributed by atoms with Crippen LogP contribution in [0.5, 0.6) is 5.75 Å². The van der Waals surface area contributed by atoms with Crippen molar-refractivity contribution in [2.75, 3.05) is 0 Å². The Morgan fingerprint density at radius 1 is 0.909 bits per heavy atom. The third kappa shape index (κ3) is 3.83. The summed E-state index contributed by atoms with van der Waals surface area (Å²) < 4.78 is 12.0. The summed E-state index contributed by atoms with van der Waals surface area (Å²) >= 11 is 0. The zero-order chi connectivity index (χ0) is 22.9. The van der Waals surface area contributed by atoms with Crippen molar-refractivity contribution in [3.05, 3.63) is 116 Å². The van der Waals surface area contributed by atoms with Crippen LogP contribution in [0, 0.1) is 17.0 Å². The largest absolute Gasteiger partial charge is 0.489 e. The Morgan fingerprint density at radius 3 is 2.52 bits per heavy atom. The van der Waals surface area contributed by atoms with Crippen LogP contribution >= 0.6 is 0 Å². The van der Waals surface area contributed by atoms with Gasteiger partial charge >= 0.3 is 0 Å². The third-order valence-electron chi connectivity index (χ3n) is 5.66. The molecule has 3 aromatic carbocycles. The van der Waals surface area contributed by atoms with Gasteiger partial charge in [-0.3, -0.25) is 14.9 Å². The molecule has 1 heterocycles. The Hall–Kier alpha value is -4.45. The van der Waals surface area contributed by atoms with E-state index >= 15 is 0 Å². The second-order valence-electron chi connectivity index (χ2n) is 7.78. The molecular weight excluding hydrogens is 418 g/mol. The topological polar surface area (TPSA) is 82.6 Å². The number of rotatable bonds is 5. The fourth-order valence-electron chi connectivity index (χ4n) is 4.06. The Labute approximate surface area is 189 Å². The van der Waals surface area contributed by atoms with E-state index in [1.165, 1.54) is 18.2 Å². The second kappa shape index (κ2) is 8.24. The molecule has 0 N–H and O–H groups in total. The smallest absolute Gasteiger partial charge is 0.276 e. The van der Waals surface area contributed by atoms with E-state index in [-0.39, 0.29) is 17.7 Å². The monoisotopic (exact) mass is 437 g/mol. The summed E-state index contributed by atoms with van der Waals surface area (Å²) in [7, 11) is 0. The Kier molecular flexibility index (Phi) is 5.11. The summed E-state index contributed by atoms with van der Waals surface area (Å²) in [5.41, 5.74) is 4.91. The van der Waals surface area contributed by atoms with Crippen LogP contribution in [0.3, 0.4) is 0 Å². The minimum absolute atomic E-state index is 0.0128. The van der Waals surface area contributed by atoms with Crippen molar-refractivity contribution >= 4 is 16.7 Å². The maximum atomic E-state index is 12.0. The molecule has 162 valence electrons. The van der Waals surface area contributed by atoms with Gasteiger partial charge in [-0.25, -0.2) is 0 Å². The van der Waals surface area contributed by atoms with Crippen molar-refractivity contribution in [3.63, 3.8) is 0 Å². The van der Waals surface area contributed by atoms with E-state index in [0.29, 0.717) is 22.7 Å². The highest BCUT2D eigenvalue weighted by atomic mass is 16.6. The van der Waals surface area contributed by atoms with Crippen LogP contribution in [-0.4, -0.2) is 4.92 Å². The van der Waals surface area contributed by atoms with E-state index < -0.39 is 4.92 Å². The van der Waals surface area contributed by atoms with Crippen molar-refractivity contribution in [1.29, 1.82) is 0 Å². The summed E-state index contributed by atoms with van der Waals surface area (Å²) in [5, 5.41) is 12.2. The van der Waals surface area contributed by atoms with Gasteiger partial charge in [0.05, 0.1) is 10.5 Å². The van der Waals surface area contributed by atoms with Crippen molar-refractivity contribution < 1.29 is 14.1 Å². The molecule has 5 rings (SSSR count). The minimum atomic E-state index is -0.421. The fourth-order valence-corrected chi connectivity index (χ4v) is 4.06. The quantitative estimate of drug-likeness (QED) is 0.181. The van der Waals surface area contributed by atoms with Crippen LogP contribution in [0.15, 0.2) is 94.1 Å². The number of nitro groups is 1. The molecule has 1 aliphatic heterocycles. The first-order valence-corrected chi connectivity index (χ1v) is 10.4. The molecule has 0 spiro atoms. The van der Waals surface area contributed by atoms with Crippen molar-refractivity contribution in [3.8, 4) is 28.2 Å². The molecule has 3 aromatic rings. The maximum absolute atomic E-state index is 12.0. The lowest BCUT2D eigenvalue weighted by atomic mass is 9.91. The number of nitrogens with zero attached hydrogens (tertiary/aromatic N) is 1. The van der Waals surface area contributed by atoms with Crippen LogP contribution in [-0.2, 0) is 6.61 Å². The number of nitro benzene ring substituents is 1. The summed E-state index contributed by atoms with van der Waals surface area (Å²) in [4.78, 5) is 22.9. The van der Waals surface area contributed by atoms with E-state index in [4.69, 9.17) is 9.15 Å². The molecule has 0 saturated heterocycles. The molecule has 1 aliphatic carbocycles. The summed E-state index contributed by atoms with van der Waals surface area (Å²) in [6, 6.07) is 24.9. The first-order valence-electron chi connectivity index (χ1n) is 10.4. The zero-order valence-corrected chi connectivity index (χ0v) is 17.8. The molecular formula is C27H19NO5. The number of hydrogen-bond donors (Lipinski definition) is 0. The SMILES string of the molecule is Cc1ccccc1-c1c2ccc(=O)cc-2oc2cc(OCc3ccccc3[N+](=O)[O-])ccc12. The molecule has 33 heavy (non-hydrogen) atoms. The molecule has 0 atom stereocenters. The van der Waals surface area contributed by atoms with Crippen molar-refractivity contribution in [1.82, 2.24) is 0 Å². The number of aryl methyl sites for hydroxylation is 1. The lowest BCUT2D eigenvalue weighted by Crippen LogP contribution is -2.01. The predicted molar refractivity (Wildman–Crippen MR) is 127 cm³/mol. The molecule has 0 amide bonds. The fraction of sp³-hybridized carbons (Fsp3) is 0.0741. The van der Waals surface area contributed by atoms with Crippen LogP contribution in [0.25, 0.3) is 33.4 Å². The van der Waals surface area contributed by atoms with Gasteiger partial charge in [-0.05, 0) is 48.4 Å². The highest BCUT2D eigenvalue weighted by Crippen LogP contribution is 2.41. The minimum Gasteiger partial charge on any atom is -0.489 e. The zero-order valence-electron chi connectivity index (χ0n) is 17.8. The number of ether oxygens (including phenoxy) is 1. The molecule has 0 saturated carbocycles. The average Bonchev–Trinajstić information content (AvgIpc) is 2.81. The van der Waals surface area contributed by atoms with E-state index in [1.807, 2.05) is 43.3 Å². The first-order chi connectivity index (χ1) is 16.0. The van der Waals surface area contributed by atoms with Gasteiger partial charge in [0.15, 0.2) is 5.43 Å². The van der Waals surface area contributed by atoms with Gasteiger partial charge in [-0.15, -0.1) is 0 Å². The van der Waals surface area contributed by atoms with Gasteiger partial charge in [0.1, 0.15) is 23.7 Å². The van der Waals surface area contributed by atoms with Gasteiger partial charge in [0, 0.05) is 34.7 Å². The molecule has 0 unspecified atom stereocenters. The number of benzene rings is 4. The van der Waals surface area contributed by atoms with Crippen LogP contribution in [0.1, 0.15) is 11.1 Å². The van der Waals surface area contributed by atoms with E-state index in [0.717, 1.165) is 27.6 Å². The van der Waals surface area contributed by atoms with Gasteiger partial charge < -0.3 is 9.15 Å². The normalized spacial score (nSPS) is 11.1. The molecule has 0 fully saturated rings. The van der Waals surface area contributed by atoms with Gasteiger partial charge in [-0.1, -0.05) is 36.4 Å². The van der Waals surface area contributed by atoms with Crippen LogP contribution in [0.4, 0.5) is 5.69 Å². The molecule has 6 nitrogen and oxygen atoms in total. The summed E-state index contributed by atoms with van der Waals surface area (Å²) in [6.07, 6.45) is 0. The third-order valence-corrected chi connectivity index (χ3v) is 5.66. The lowest BCUT2D eigenvalue weighted by molar-refractivity contribution is -0.385. The first kappa shape index (κ1) is 20.5. The van der Waals surface area contributed by atoms with Crippen molar-refractivity contribution in [2.24, 2.45) is 0 Å². The van der Waals surface area contributed by atoms with Gasteiger partial charge in [0.2, 0.25) is 0 Å². The standard InChI is InChI=1S/C27H19NO5/c1-17-6-2-4-8-21(17)27-22-12-10-19(29)14-25(22)33-26-15-20(11-13-23(26)27)32-16-18-7-3-5-9-24(18)28(30)31/h2-15H,16H2,1H3. The molecule has 0 radical (unpaired) electrons. The summed E-state index contributed by atoms with van der Waals surface area (Å²) in [6.45, 7) is 2.09. The van der Waals surface area contributed by atoms with Crippen LogP contribution in [0.2, 0.25) is 0 Å². The molecule has 6 heteroatoms. The number of fused-ring (bicyclic) bond motifs is 2. The molecule has 2 aliphatic rings. The Morgan fingerprint density at radius 2 is 1.70 bits per heavy atom. The summed E-state index contributed by atoms with van der Waals surface area (Å²) in [5.74, 6) is 1.00. The van der Waals surface area contributed by atoms with Crippen LogP contribution < -0.4 is 10.2 Å². The van der Waals surface area contributed by atoms with Crippen molar-refractivity contribution in [2.45, 2.75) is 13.5 Å². The van der Waals surface area contributed by atoms with Gasteiger partial charge in [0.25, 0.3) is 5.69 Å². The molecule has 0 aromatic heterocycles. The highest BCUT2D eigenvalue weighted by Gasteiger charge is 2.19. The maximum Gasteiger partial charge on any atom is 0.276 e.